The molecular formula is C26H28BrF6N3O2. The van der Waals surface area contributed by atoms with E-state index in [2.05, 4.69) is 25.8 Å². The van der Waals surface area contributed by atoms with Gasteiger partial charge in [0.1, 0.15) is 11.9 Å². The van der Waals surface area contributed by atoms with Crippen molar-refractivity contribution in [3.8, 4) is 0 Å². The first-order chi connectivity index (χ1) is 17.8. The van der Waals surface area contributed by atoms with Gasteiger partial charge in [-0.15, -0.1) is 0 Å². The molecule has 1 aliphatic carbocycles. The van der Waals surface area contributed by atoms with E-state index >= 15 is 0 Å². The molecule has 208 valence electrons. The Balaban J connectivity index is 1.65. The monoisotopic (exact) mass is 607 g/mol. The van der Waals surface area contributed by atoms with Crippen LogP contribution in [0.15, 0.2) is 34.9 Å². The van der Waals surface area contributed by atoms with Gasteiger partial charge >= 0.3 is 18.4 Å². The van der Waals surface area contributed by atoms with Crippen LogP contribution in [0.5, 0.6) is 0 Å². The van der Waals surface area contributed by atoms with E-state index in [-0.39, 0.29) is 18.2 Å². The molecule has 1 saturated carbocycles. The molecule has 4 rings (SSSR count). The summed E-state index contributed by atoms with van der Waals surface area (Å²) in [6, 6.07) is 2.58. The molecular weight excluding hydrogens is 580 g/mol. The van der Waals surface area contributed by atoms with E-state index in [1.165, 1.54) is 11.3 Å². The minimum absolute atomic E-state index is 0.0343. The highest BCUT2D eigenvalue weighted by Crippen LogP contribution is 2.41. The maximum Gasteiger partial charge on any atom is 0.416 e. The van der Waals surface area contributed by atoms with Gasteiger partial charge in [-0.25, -0.2) is 9.78 Å². The molecule has 0 bridgehead atoms. The first-order valence-corrected chi connectivity index (χ1v) is 13.3. The van der Waals surface area contributed by atoms with Gasteiger partial charge in [0.15, 0.2) is 0 Å². The molecule has 2 fully saturated rings. The van der Waals surface area contributed by atoms with Gasteiger partial charge in [0.05, 0.1) is 23.7 Å². The van der Waals surface area contributed by atoms with E-state index < -0.39 is 41.7 Å². The molecule has 0 radical (unpaired) electrons. The Morgan fingerprint density at radius 1 is 1.03 bits per heavy atom. The van der Waals surface area contributed by atoms with Gasteiger partial charge in [-0.2, -0.15) is 26.3 Å². The third kappa shape index (κ3) is 6.05. The quantitative estimate of drug-likeness (QED) is 0.311. The minimum atomic E-state index is -5.00. The van der Waals surface area contributed by atoms with E-state index in [4.69, 9.17) is 4.74 Å². The zero-order chi connectivity index (χ0) is 27.8. The number of halogens is 7. The molecule has 0 unspecified atom stereocenters. The van der Waals surface area contributed by atoms with Gasteiger partial charge in [-0.1, -0.05) is 19.3 Å². The van der Waals surface area contributed by atoms with Gasteiger partial charge in [0.25, 0.3) is 0 Å². The van der Waals surface area contributed by atoms with Crippen molar-refractivity contribution in [2.45, 2.75) is 83.0 Å². The average Bonchev–Trinajstić information content (AvgIpc) is 3.13. The van der Waals surface area contributed by atoms with Gasteiger partial charge in [0, 0.05) is 28.8 Å². The Morgan fingerprint density at radius 3 is 2.18 bits per heavy atom. The third-order valence-corrected chi connectivity index (χ3v) is 7.64. The van der Waals surface area contributed by atoms with Crippen molar-refractivity contribution in [2.24, 2.45) is 0 Å². The summed E-state index contributed by atoms with van der Waals surface area (Å²) in [7, 11) is 0. The van der Waals surface area contributed by atoms with Crippen molar-refractivity contribution in [1.82, 2.24) is 9.88 Å². The number of cyclic esters (lactones) is 1. The maximum absolute atomic E-state index is 13.4. The number of anilines is 1. The van der Waals surface area contributed by atoms with E-state index in [0.29, 0.717) is 40.6 Å². The molecule has 1 amide bonds. The molecule has 2 atom stereocenters. The summed E-state index contributed by atoms with van der Waals surface area (Å²) in [5.74, 6) is 0.699. The second-order valence-electron chi connectivity index (χ2n) is 9.73. The van der Waals surface area contributed by atoms with Crippen molar-refractivity contribution in [3.05, 3.63) is 57.2 Å². The van der Waals surface area contributed by atoms with Crippen molar-refractivity contribution in [3.63, 3.8) is 0 Å². The smallest absolute Gasteiger partial charge is 0.416 e. The lowest BCUT2D eigenvalue weighted by molar-refractivity contribution is -0.143. The summed E-state index contributed by atoms with van der Waals surface area (Å²) in [6.07, 6.45) is -5.02. The van der Waals surface area contributed by atoms with Crippen LogP contribution in [-0.4, -0.2) is 34.6 Å². The number of aromatic nitrogens is 1. The standard InChI is InChI=1S/C26H28BrF6N3O2/c1-3-35(21-7-5-4-6-8-21)23-17(11-20(27)13-34-23)14-36-15(2)22(38-24(36)37)16-9-18(25(28,29)30)12-19(10-16)26(31,32)33/h9-13,15,21-22H,3-8,14H2,1-2H3/t15-,22-/m0/s1. The van der Waals surface area contributed by atoms with Crippen LogP contribution in [0.3, 0.4) is 0 Å². The summed E-state index contributed by atoms with van der Waals surface area (Å²) in [4.78, 5) is 21.0. The third-order valence-electron chi connectivity index (χ3n) is 7.21. The summed E-state index contributed by atoms with van der Waals surface area (Å²) < 4.78 is 86.5. The predicted molar refractivity (Wildman–Crippen MR) is 133 cm³/mol. The van der Waals surface area contributed by atoms with Gasteiger partial charge in [0.2, 0.25) is 0 Å². The lowest BCUT2D eigenvalue weighted by atomic mass is 9.94. The zero-order valence-corrected chi connectivity index (χ0v) is 22.5. The highest BCUT2D eigenvalue weighted by Gasteiger charge is 2.43. The Kier molecular flexibility index (Phi) is 8.20. The van der Waals surface area contributed by atoms with Crippen LogP contribution in [0, 0.1) is 0 Å². The number of hydrogen-bond acceptors (Lipinski definition) is 4. The summed E-state index contributed by atoms with van der Waals surface area (Å²) in [6.45, 7) is 4.30. The molecule has 38 heavy (non-hydrogen) atoms. The lowest BCUT2D eigenvalue weighted by Gasteiger charge is -2.36. The first-order valence-electron chi connectivity index (χ1n) is 12.5. The van der Waals surface area contributed by atoms with E-state index in [0.717, 1.165) is 25.7 Å². The number of benzene rings is 1. The van der Waals surface area contributed by atoms with Gasteiger partial charge in [-0.05, 0) is 72.4 Å². The Bertz CT molecular complexity index is 1130. The second-order valence-corrected chi connectivity index (χ2v) is 10.6. The highest BCUT2D eigenvalue weighted by atomic mass is 79.9. The van der Waals surface area contributed by atoms with Crippen LogP contribution in [0.25, 0.3) is 0 Å². The minimum Gasteiger partial charge on any atom is -0.439 e. The molecule has 5 nitrogen and oxygen atoms in total. The van der Waals surface area contributed by atoms with E-state index in [1.54, 1.807) is 13.1 Å². The first kappa shape index (κ1) is 28.5. The molecule has 12 heteroatoms. The van der Waals surface area contributed by atoms with Crippen LogP contribution >= 0.6 is 15.9 Å². The molecule has 2 heterocycles. The van der Waals surface area contributed by atoms with Crippen molar-refractivity contribution in [2.75, 3.05) is 11.4 Å². The highest BCUT2D eigenvalue weighted by molar-refractivity contribution is 9.10. The number of amides is 1. The molecule has 0 spiro atoms. The van der Waals surface area contributed by atoms with Crippen molar-refractivity contribution >= 4 is 27.8 Å². The summed E-state index contributed by atoms with van der Waals surface area (Å²) >= 11 is 3.42. The van der Waals surface area contributed by atoms with Crippen LogP contribution in [-0.2, 0) is 23.6 Å². The van der Waals surface area contributed by atoms with Crippen LogP contribution in [0.4, 0.5) is 37.0 Å². The number of rotatable bonds is 6. The van der Waals surface area contributed by atoms with Crippen molar-refractivity contribution < 1.29 is 35.9 Å². The zero-order valence-electron chi connectivity index (χ0n) is 20.9. The number of alkyl halides is 6. The fourth-order valence-corrected chi connectivity index (χ4v) is 5.69. The fourth-order valence-electron chi connectivity index (χ4n) is 5.31. The summed E-state index contributed by atoms with van der Waals surface area (Å²) in [5, 5.41) is 0. The average molecular weight is 608 g/mol. The second kappa shape index (κ2) is 10.9. The number of carbonyl (C=O) groups is 1. The molecule has 2 aromatic rings. The Labute approximate surface area is 225 Å². The topological polar surface area (TPSA) is 45.7 Å². The number of nitrogens with zero attached hydrogens (tertiary/aromatic N) is 3. The number of pyridine rings is 1. The number of carbonyl (C=O) groups excluding carboxylic acids is 1. The Morgan fingerprint density at radius 2 is 1.63 bits per heavy atom. The fraction of sp³-hybridized carbons (Fsp3) is 0.538. The molecule has 1 aromatic carbocycles. The number of ether oxygens (including phenoxy) is 1. The molecule has 1 saturated heterocycles. The Hall–Kier alpha value is -2.50. The van der Waals surface area contributed by atoms with Gasteiger partial charge in [-0.3, -0.25) is 4.90 Å². The van der Waals surface area contributed by atoms with Crippen LogP contribution in [0.1, 0.15) is 74.3 Å². The van der Waals surface area contributed by atoms with E-state index in [1.807, 2.05) is 13.0 Å². The number of hydrogen-bond donors (Lipinski definition) is 0. The molecule has 1 aromatic heterocycles. The largest absolute Gasteiger partial charge is 0.439 e. The van der Waals surface area contributed by atoms with Gasteiger partial charge < -0.3 is 9.64 Å². The normalized spacial score (nSPS) is 21.1. The lowest BCUT2D eigenvalue weighted by Crippen LogP contribution is -2.39. The van der Waals surface area contributed by atoms with Crippen LogP contribution in [0.2, 0.25) is 0 Å². The van der Waals surface area contributed by atoms with Crippen molar-refractivity contribution in [1.29, 1.82) is 0 Å². The molecule has 0 N–H and O–H groups in total. The molecule has 1 aliphatic heterocycles. The maximum atomic E-state index is 13.4. The molecule has 2 aliphatic rings. The van der Waals surface area contributed by atoms with E-state index in [9.17, 15) is 31.1 Å². The van der Waals surface area contributed by atoms with Crippen LogP contribution < -0.4 is 4.90 Å². The SMILES string of the molecule is CCN(c1ncc(Br)cc1CN1C(=O)O[C@H](c2cc(C(F)(F)F)cc(C(F)(F)F)c2)[C@@H]1C)C1CCCCC1. The summed E-state index contributed by atoms with van der Waals surface area (Å²) in [5.41, 5.74) is -2.56. The predicted octanol–water partition coefficient (Wildman–Crippen LogP) is 8.12.